The lowest BCUT2D eigenvalue weighted by Crippen LogP contribution is -1.99. The summed E-state index contributed by atoms with van der Waals surface area (Å²) in [6.45, 7) is 2.06. The molecule has 0 amide bonds. The molecule has 0 spiro atoms. The number of aromatic nitrogens is 6. The minimum absolute atomic E-state index is 0.634. The van der Waals surface area contributed by atoms with Gasteiger partial charge in [0, 0.05) is 5.56 Å². The number of rotatable bonds is 3. The number of hydrogen-bond donors (Lipinski definition) is 0. The van der Waals surface area contributed by atoms with Crippen molar-refractivity contribution >= 4 is 16.7 Å². The summed E-state index contributed by atoms with van der Waals surface area (Å²) in [5.74, 6) is 1.43. The molecule has 0 N–H and O–H groups in total. The average Bonchev–Trinajstić information content (AvgIpc) is 3.32. The zero-order valence-corrected chi connectivity index (χ0v) is 14.9. The minimum atomic E-state index is 0.634. The average molecular weight is 356 g/mol. The topological polar surface area (TPSA) is 70.1 Å². The molecule has 0 aliphatic carbocycles. The Labute approximate surface area is 154 Å². The normalized spacial score (nSPS) is 11.3. The Bertz CT molecular complexity index is 1270. The van der Waals surface area contributed by atoms with E-state index in [0.717, 1.165) is 33.7 Å². The van der Waals surface area contributed by atoms with E-state index in [-0.39, 0.29) is 0 Å². The monoisotopic (exact) mass is 356 g/mol. The summed E-state index contributed by atoms with van der Waals surface area (Å²) in [7, 11) is 1.65. The highest BCUT2D eigenvalue weighted by Gasteiger charge is 2.14. The van der Waals surface area contributed by atoms with Crippen LogP contribution in [0, 0.1) is 6.92 Å². The molecule has 3 heterocycles. The van der Waals surface area contributed by atoms with E-state index in [4.69, 9.17) is 9.72 Å². The van der Waals surface area contributed by atoms with Crippen molar-refractivity contribution in [3.63, 3.8) is 0 Å². The molecule has 0 unspecified atom stereocenters. The number of methoxy groups -OCH3 is 1. The molecule has 0 radical (unpaired) electrons. The van der Waals surface area contributed by atoms with E-state index < -0.39 is 0 Å². The molecule has 2 aromatic carbocycles. The summed E-state index contributed by atoms with van der Waals surface area (Å²) < 4.78 is 8.72. The first-order valence-electron chi connectivity index (χ1n) is 8.53. The standard InChI is InChI=1S/C20H16N6O/c1-13-4-3-5-15(10-13)26-19-17(11-22-26)20-23-18(24-25(20)12-21-19)14-6-8-16(27-2)9-7-14/h3-12H,1-2H3. The number of nitrogens with zero attached hydrogens (tertiary/aromatic N) is 6. The molecule has 27 heavy (non-hydrogen) atoms. The first-order valence-corrected chi connectivity index (χ1v) is 8.53. The predicted molar refractivity (Wildman–Crippen MR) is 102 cm³/mol. The fraction of sp³-hybridized carbons (Fsp3) is 0.100. The van der Waals surface area contributed by atoms with Gasteiger partial charge in [-0.2, -0.15) is 5.10 Å². The van der Waals surface area contributed by atoms with Crippen LogP contribution in [0.2, 0.25) is 0 Å². The van der Waals surface area contributed by atoms with Gasteiger partial charge in [0.05, 0.1) is 24.4 Å². The molecule has 3 aromatic heterocycles. The second-order valence-corrected chi connectivity index (χ2v) is 6.31. The van der Waals surface area contributed by atoms with Gasteiger partial charge in [-0.1, -0.05) is 12.1 Å². The van der Waals surface area contributed by atoms with Gasteiger partial charge in [0.15, 0.2) is 17.1 Å². The summed E-state index contributed by atoms with van der Waals surface area (Å²) in [5.41, 5.74) is 4.53. The quantitative estimate of drug-likeness (QED) is 0.495. The number of ether oxygens (including phenoxy) is 1. The molecule has 5 rings (SSSR count). The summed E-state index contributed by atoms with van der Waals surface area (Å²) in [5, 5.41) is 9.92. The van der Waals surface area contributed by atoms with Crippen LogP contribution in [-0.2, 0) is 0 Å². The SMILES string of the molecule is COc1ccc(-c2nc3c4cnn(-c5cccc(C)c5)c4ncn3n2)cc1. The van der Waals surface area contributed by atoms with Gasteiger partial charge in [-0.25, -0.2) is 19.2 Å². The van der Waals surface area contributed by atoms with Crippen molar-refractivity contribution < 1.29 is 4.74 Å². The van der Waals surface area contributed by atoms with E-state index in [1.54, 1.807) is 24.1 Å². The van der Waals surface area contributed by atoms with E-state index in [0.29, 0.717) is 5.82 Å². The molecule has 0 saturated carbocycles. The third kappa shape index (κ3) is 2.52. The second-order valence-electron chi connectivity index (χ2n) is 6.31. The molecule has 0 bridgehead atoms. The summed E-state index contributed by atoms with van der Waals surface area (Å²) in [6.07, 6.45) is 3.46. The van der Waals surface area contributed by atoms with Crippen LogP contribution in [-0.4, -0.2) is 36.5 Å². The largest absolute Gasteiger partial charge is 0.497 e. The van der Waals surface area contributed by atoms with Crippen LogP contribution in [0.1, 0.15) is 5.56 Å². The lowest BCUT2D eigenvalue weighted by molar-refractivity contribution is 0.415. The maximum absolute atomic E-state index is 5.21. The van der Waals surface area contributed by atoms with Crippen molar-refractivity contribution in [1.82, 2.24) is 29.4 Å². The van der Waals surface area contributed by atoms with Crippen molar-refractivity contribution in [2.75, 3.05) is 7.11 Å². The summed E-state index contributed by atoms with van der Waals surface area (Å²) >= 11 is 0. The molecule has 5 aromatic rings. The van der Waals surface area contributed by atoms with Crippen molar-refractivity contribution in [3.8, 4) is 22.8 Å². The molecule has 0 atom stereocenters. The lowest BCUT2D eigenvalue weighted by atomic mass is 10.2. The van der Waals surface area contributed by atoms with Gasteiger partial charge in [-0.05, 0) is 48.9 Å². The highest BCUT2D eigenvalue weighted by molar-refractivity contribution is 5.90. The van der Waals surface area contributed by atoms with Crippen LogP contribution in [0.25, 0.3) is 33.8 Å². The van der Waals surface area contributed by atoms with Gasteiger partial charge < -0.3 is 4.74 Å². The van der Waals surface area contributed by atoms with Crippen molar-refractivity contribution in [2.24, 2.45) is 0 Å². The second kappa shape index (κ2) is 5.91. The van der Waals surface area contributed by atoms with E-state index in [1.807, 2.05) is 41.1 Å². The highest BCUT2D eigenvalue weighted by atomic mass is 16.5. The van der Waals surface area contributed by atoms with Crippen molar-refractivity contribution in [2.45, 2.75) is 6.92 Å². The van der Waals surface area contributed by atoms with Crippen molar-refractivity contribution in [1.29, 1.82) is 0 Å². The van der Waals surface area contributed by atoms with Crippen LogP contribution >= 0.6 is 0 Å². The van der Waals surface area contributed by atoms with E-state index >= 15 is 0 Å². The number of benzene rings is 2. The molecule has 7 nitrogen and oxygen atoms in total. The van der Waals surface area contributed by atoms with Crippen LogP contribution in [0.5, 0.6) is 5.75 Å². The van der Waals surface area contributed by atoms with Crippen LogP contribution < -0.4 is 4.74 Å². The highest BCUT2D eigenvalue weighted by Crippen LogP contribution is 2.24. The van der Waals surface area contributed by atoms with Gasteiger partial charge in [-0.3, -0.25) is 0 Å². The Kier molecular flexibility index (Phi) is 3.39. The Balaban J connectivity index is 1.66. The fourth-order valence-corrected chi connectivity index (χ4v) is 3.13. The molecule has 0 aliphatic heterocycles. The first-order chi connectivity index (χ1) is 13.2. The zero-order valence-electron chi connectivity index (χ0n) is 14.9. The smallest absolute Gasteiger partial charge is 0.182 e. The fourth-order valence-electron chi connectivity index (χ4n) is 3.13. The maximum Gasteiger partial charge on any atom is 0.182 e. The zero-order chi connectivity index (χ0) is 18.4. The van der Waals surface area contributed by atoms with E-state index in [9.17, 15) is 0 Å². The third-order valence-electron chi connectivity index (χ3n) is 4.50. The predicted octanol–water partition coefficient (Wildman–Crippen LogP) is 3.45. The number of aryl methyl sites for hydroxylation is 1. The molecule has 7 heteroatoms. The van der Waals surface area contributed by atoms with Crippen LogP contribution in [0.3, 0.4) is 0 Å². The summed E-state index contributed by atoms with van der Waals surface area (Å²) in [6, 6.07) is 15.8. The van der Waals surface area contributed by atoms with Crippen molar-refractivity contribution in [3.05, 3.63) is 66.6 Å². The Morgan fingerprint density at radius 2 is 1.85 bits per heavy atom. The lowest BCUT2D eigenvalue weighted by Gasteiger charge is -2.03. The Morgan fingerprint density at radius 1 is 1.00 bits per heavy atom. The van der Waals surface area contributed by atoms with Gasteiger partial charge in [0.1, 0.15) is 12.1 Å². The summed E-state index contributed by atoms with van der Waals surface area (Å²) in [4.78, 5) is 9.26. The molecule has 0 saturated heterocycles. The maximum atomic E-state index is 5.21. The van der Waals surface area contributed by atoms with Crippen LogP contribution in [0.4, 0.5) is 0 Å². The molecule has 0 aliphatic rings. The number of hydrogen-bond acceptors (Lipinski definition) is 5. The van der Waals surface area contributed by atoms with Gasteiger partial charge in [-0.15, -0.1) is 5.10 Å². The first kappa shape index (κ1) is 15.5. The molecule has 132 valence electrons. The van der Waals surface area contributed by atoms with Gasteiger partial charge in [0.2, 0.25) is 0 Å². The van der Waals surface area contributed by atoms with Gasteiger partial charge >= 0.3 is 0 Å². The Morgan fingerprint density at radius 3 is 2.63 bits per heavy atom. The van der Waals surface area contributed by atoms with Crippen LogP contribution in [0.15, 0.2) is 61.1 Å². The Hall–Kier alpha value is -3.74. The molecular formula is C20H16N6O. The number of fused-ring (bicyclic) bond motifs is 3. The van der Waals surface area contributed by atoms with E-state index in [1.165, 1.54) is 5.56 Å². The van der Waals surface area contributed by atoms with Gasteiger partial charge in [0.25, 0.3) is 0 Å². The molecular weight excluding hydrogens is 340 g/mol. The van der Waals surface area contributed by atoms with E-state index in [2.05, 4.69) is 34.2 Å². The third-order valence-corrected chi connectivity index (χ3v) is 4.50. The minimum Gasteiger partial charge on any atom is -0.497 e. The molecule has 0 fully saturated rings.